The van der Waals surface area contributed by atoms with E-state index < -0.39 is 0 Å². The summed E-state index contributed by atoms with van der Waals surface area (Å²) in [6, 6.07) is 10.8. The fourth-order valence-electron chi connectivity index (χ4n) is 3.51. The fraction of sp³-hybridized carbons (Fsp3) is 0.350. The molecule has 2 aliphatic rings. The standard InChI is InChI=1S/C20H20N2O2S/c1-3-5-14-6-4-7-15(8-14)16-9-17(25-10-16)19(2)11-20(12-23-13-20)24-18(21)22-19/h4,6-10H,11-13H2,1-2H3,(H2,21,22). The molecule has 1 aromatic heterocycles. The van der Waals surface area contributed by atoms with E-state index in [9.17, 15) is 0 Å². The number of hydrogen-bond donors (Lipinski definition) is 1. The average molecular weight is 352 g/mol. The first-order chi connectivity index (χ1) is 12.0. The van der Waals surface area contributed by atoms with E-state index in [4.69, 9.17) is 15.2 Å². The Morgan fingerprint density at radius 1 is 1.24 bits per heavy atom. The maximum absolute atomic E-state index is 5.97. The Morgan fingerprint density at radius 2 is 2.08 bits per heavy atom. The molecule has 2 aliphatic heterocycles. The van der Waals surface area contributed by atoms with Crippen LogP contribution in [0.4, 0.5) is 0 Å². The summed E-state index contributed by atoms with van der Waals surface area (Å²) in [4.78, 5) is 5.81. The number of benzene rings is 1. The van der Waals surface area contributed by atoms with Gasteiger partial charge in [0.05, 0.1) is 13.2 Å². The number of ether oxygens (including phenoxy) is 2. The van der Waals surface area contributed by atoms with Crippen molar-refractivity contribution in [3.8, 4) is 23.0 Å². The van der Waals surface area contributed by atoms with Gasteiger partial charge in [-0.3, -0.25) is 0 Å². The highest BCUT2D eigenvalue weighted by molar-refractivity contribution is 7.10. The smallest absolute Gasteiger partial charge is 0.283 e. The first-order valence-corrected chi connectivity index (χ1v) is 9.14. The van der Waals surface area contributed by atoms with Crippen LogP contribution in [0.3, 0.4) is 0 Å². The Kier molecular flexibility index (Phi) is 3.82. The number of rotatable bonds is 2. The van der Waals surface area contributed by atoms with Gasteiger partial charge >= 0.3 is 0 Å². The predicted molar refractivity (Wildman–Crippen MR) is 101 cm³/mol. The molecule has 1 fully saturated rings. The topological polar surface area (TPSA) is 56.8 Å². The fourth-order valence-corrected chi connectivity index (χ4v) is 4.54. The summed E-state index contributed by atoms with van der Waals surface area (Å²) in [7, 11) is 0. The van der Waals surface area contributed by atoms with Crippen molar-refractivity contribution in [1.29, 1.82) is 0 Å². The monoisotopic (exact) mass is 352 g/mol. The molecule has 2 N–H and O–H groups in total. The second-order valence-electron chi connectivity index (χ2n) is 6.83. The van der Waals surface area contributed by atoms with Gasteiger partial charge in [-0.05, 0) is 48.6 Å². The molecule has 1 saturated heterocycles. The quantitative estimate of drug-likeness (QED) is 0.842. The zero-order valence-corrected chi connectivity index (χ0v) is 15.2. The van der Waals surface area contributed by atoms with Crippen LogP contribution >= 0.6 is 11.3 Å². The van der Waals surface area contributed by atoms with Crippen molar-refractivity contribution in [3.63, 3.8) is 0 Å². The summed E-state index contributed by atoms with van der Waals surface area (Å²) < 4.78 is 11.1. The minimum atomic E-state index is -0.379. The van der Waals surface area contributed by atoms with Crippen molar-refractivity contribution in [2.45, 2.75) is 31.4 Å². The lowest BCUT2D eigenvalue weighted by Gasteiger charge is -2.47. The summed E-state index contributed by atoms with van der Waals surface area (Å²) in [5.41, 5.74) is 8.64. The Morgan fingerprint density at radius 3 is 2.80 bits per heavy atom. The van der Waals surface area contributed by atoms with Crippen molar-refractivity contribution in [1.82, 2.24) is 0 Å². The number of thiophene rings is 1. The van der Waals surface area contributed by atoms with Crippen molar-refractivity contribution >= 4 is 17.4 Å². The van der Waals surface area contributed by atoms with E-state index in [1.807, 2.05) is 19.1 Å². The van der Waals surface area contributed by atoms with Crippen LogP contribution in [0, 0.1) is 11.8 Å². The van der Waals surface area contributed by atoms with Gasteiger partial charge in [0.25, 0.3) is 6.02 Å². The van der Waals surface area contributed by atoms with Crippen molar-refractivity contribution < 1.29 is 9.47 Å². The summed E-state index contributed by atoms with van der Waals surface area (Å²) in [5, 5.41) is 2.17. The molecule has 128 valence electrons. The third kappa shape index (κ3) is 2.92. The third-order valence-corrected chi connectivity index (χ3v) is 5.85. The van der Waals surface area contributed by atoms with E-state index in [-0.39, 0.29) is 17.2 Å². The van der Waals surface area contributed by atoms with Crippen LogP contribution in [0.15, 0.2) is 40.7 Å². The SMILES string of the molecule is CC#Cc1cccc(-c2csc(C3(C)CC4(COC4)OC(N)=N3)c2)c1. The molecule has 1 atom stereocenters. The third-order valence-electron chi connectivity index (χ3n) is 4.67. The molecule has 0 aliphatic carbocycles. The molecule has 3 heterocycles. The molecule has 2 aromatic rings. The Bertz CT molecular complexity index is 902. The maximum Gasteiger partial charge on any atom is 0.283 e. The summed E-state index contributed by atoms with van der Waals surface area (Å²) in [6.45, 7) is 5.13. The van der Waals surface area contributed by atoms with Gasteiger partial charge < -0.3 is 15.2 Å². The zero-order chi connectivity index (χ0) is 17.5. The number of amidine groups is 1. The molecule has 0 amide bonds. The van der Waals surface area contributed by atoms with Crippen molar-refractivity contribution in [2.24, 2.45) is 10.7 Å². The highest BCUT2D eigenvalue weighted by Crippen LogP contribution is 2.45. The maximum atomic E-state index is 5.97. The van der Waals surface area contributed by atoms with Gasteiger partial charge in [-0.25, -0.2) is 4.99 Å². The Balaban J connectivity index is 1.67. The molecular formula is C20H20N2O2S. The van der Waals surface area contributed by atoms with E-state index in [0.29, 0.717) is 13.2 Å². The normalized spacial score (nSPS) is 23.8. The number of nitrogens with two attached hydrogens (primary N) is 1. The molecular weight excluding hydrogens is 332 g/mol. The summed E-state index contributed by atoms with van der Waals surface area (Å²) >= 11 is 1.71. The van der Waals surface area contributed by atoms with Gasteiger partial charge in [0.1, 0.15) is 5.54 Å². The summed E-state index contributed by atoms with van der Waals surface area (Å²) in [5.74, 6) is 6.06. The van der Waals surface area contributed by atoms with Gasteiger partial charge in [-0.1, -0.05) is 18.1 Å². The molecule has 4 nitrogen and oxygen atoms in total. The Hall–Kier alpha value is -2.29. The van der Waals surface area contributed by atoms with E-state index >= 15 is 0 Å². The van der Waals surface area contributed by atoms with E-state index in [1.54, 1.807) is 11.3 Å². The molecule has 0 radical (unpaired) electrons. The minimum absolute atomic E-state index is 0.257. The lowest BCUT2D eigenvalue weighted by Crippen LogP contribution is -2.59. The van der Waals surface area contributed by atoms with Crippen LogP contribution in [-0.2, 0) is 15.0 Å². The largest absolute Gasteiger partial charge is 0.454 e. The minimum Gasteiger partial charge on any atom is -0.454 e. The van der Waals surface area contributed by atoms with Gasteiger partial charge in [0, 0.05) is 16.9 Å². The van der Waals surface area contributed by atoms with Crippen LogP contribution in [0.2, 0.25) is 0 Å². The van der Waals surface area contributed by atoms with Crippen LogP contribution in [0.1, 0.15) is 30.7 Å². The Labute approximate surface area is 151 Å². The molecule has 1 spiro atoms. The van der Waals surface area contributed by atoms with Crippen LogP contribution in [0.25, 0.3) is 11.1 Å². The summed E-state index contributed by atoms with van der Waals surface area (Å²) in [6.07, 6.45) is 0.780. The molecule has 25 heavy (non-hydrogen) atoms. The average Bonchev–Trinajstić information content (AvgIpc) is 3.04. The highest BCUT2D eigenvalue weighted by atomic mass is 32.1. The second-order valence-corrected chi connectivity index (χ2v) is 7.75. The van der Waals surface area contributed by atoms with Gasteiger partial charge in [-0.15, -0.1) is 17.3 Å². The molecule has 1 unspecified atom stereocenters. The van der Waals surface area contributed by atoms with Gasteiger partial charge in [-0.2, -0.15) is 0 Å². The number of nitrogens with zero attached hydrogens (tertiary/aromatic N) is 1. The second kappa shape index (κ2) is 5.91. The first kappa shape index (κ1) is 16.2. The van der Waals surface area contributed by atoms with E-state index in [0.717, 1.165) is 17.5 Å². The molecule has 0 bridgehead atoms. The first-order valence-electron chi connectivity index (χ1n) is 8.26. The van der Waals surface area contributed by atoms with Crippen LogP contribution < -0.4 is 5.73 Å². The predicted octanol–water partition coefficient (Wildman–Crippen LogP) is 3.51. The highest BCUT2D eigenvalue weighted by Gasteiger charge is 2.51. The number of hydrogen-bond acceptors (Lipinski definition) is 5. The lowest BCUT2D eigenvalue weighted by molar-refractivity contribution is -0.186. The van der Waals surface area contributed by atoms with Crippen molar-refractivity contribution in [3.05, 3.63) is 46.2 Å². The molecule has 4 rings (SSSR count). The van der Waals surface area contributed by atoms with Gasteiger partial charge in [0.15, 0.2) is 5.60 Å². The van der Waals surface area contributed by atoms with Crippen molar-refractivity contribution in [2.75, 3.05) is 13.2 Å². The molecule has 1 aromatic carbocycles. The van der Waals surface area contributed by atoms with Crippen LogP contribution in [0.5, 0.6) is 0 Å². The van der Waals surface area contributed by atoms with E-state index in [1.165, 1.54) is 10.4 Å². The molecule has 5 heteroatoms. The zero-order valence-electron chi connectivity index (χ0n) is 14.3. The molecule has 0 saturated carbocycles. The van der Waals surface area contributed by atoms with E-state index in [2.05, 4.69) is 47.3 Å². The van der Waals surface area contributed by atoms with Gasteiger partial charge in [0.2, 0.25) is 0 Å². The number of aliphatic imine (C=N–C) groups is 1. The van der Waals surface area contributed by atoms with Crippen LogP contribution in [-0.4, -0.2) is 24.8 Å². The lowest BCUT2D eigenvalue weighted by atomic mass is 9.82.